The Hall–Kier alpha value is -1.68. The number of hydrogen-bond donors (Lipinski definition) is 1. The van der Waals surface area contributed by atoms with Gasteiger partial charge < -0.3 is 5.11 Å². The number of halogens is 1. The molecule has 0 bridgehead atoms. The van der Waals surface area contributed by atoms with E-state index in [1.807, 2.05) is 0 Å². The van der Waals surface area contributed by atoms with Crippen molar-refractivity contribution in [3.63, 3.8) is 0 Å². The van der Waals surface area contributed by atoms with Crippen LogP contribution in [-0.4, -0.2) is 10.1 Å². The maximum Gasteiger partial charge on any atom is 0.141 e. The molecule has 0 aliphatic rings. The SMILES string of the molecule is Cl.O=Nc1ccc(O)c2ncccc12. The standard InChI is InChI=1S/C9H6N2O2.ClH/c12-8-4-3-7(11-13)6-2-1-5-10-9(6)8;/h1-5,12H;1H. The van der Waals surface area contributed by atoms with Crippen molar-refractivity contribution >= 4 is 29.0 Å². The van der Waals surface area contributed by atoms with Crippen LogP contribution in [0.15, 0.2) is 35.6 Å². The fourth-order valence-electron chi connectivity index (χ4n) is 1.22. The molecule has 1 aromatic carbocycles. The van der Waals surface area contributed by atoms with E-state index >= 15 is 0 Å². The van der Waals surface area contributed by atoms with Gasteiger partial charge in [-0.05, 0) is 29.4 Å². The summed E-state index contributed by atoms with van der Waals surface area (Å²) in [7, 11) is 0. The second kappa shape index (κ2) is 4.02. The summed E-state index contributed by atoms with van der Waals surface area (Å²) < 4.78 is 0. The van der Waals surface area contributed by atoms with Gasteiger partial charge in [-0.25, -0.2) is 0 Å². The molecule has 4 nitrogen and oxygen atoms in total. The Bertz CT molecular complexity index is 473. The van der Waals surface area contributed by atoms with Gasteiger partial charge in [0.15, 0.2) is 0 Å². The smallest absolute Gasteiger partial charge is 0.141 e. The Morgan fingerprint density at radius 3 is 2.79 bits per heavy atom. The van der Waals surface area contributed by atoms with Crippen molar-refractivity contribution in [3.8, 4) is 5.75 Å². The lowest BCUT2D eigenvalue weighted by Gasteiger charge is -1.99. The van der Waals surface area contributed by atoms with E-state index in [9.17, 15) is 10.0 Å². The predicted molar refractivity (Wildman–Crippen MR) is 56.1 cm³/mol. The molecule has 0 fully saturated rings. The van der Waals surface area contributed by atoms with Crippen LogP contribution in [0.2, 0.25) is 0 Å². The first kappa shape index (κ1) is 10.4. The number of pyridine rings is 1. The number of fused-ring (bicyclic) bond motifs is 1. The van der Waals surface area contributed by atoms with E-state index in [4.69, 9.17) is 0 Å². The molecule has 0 atom stereocenters. The molecule has 0 unspecified atom stereocenters. The number of phenols is 1. The van der Waals surface area contributed by atoms with E-state index in [-0.39, 0.29) is 18.2 Å². The minimum Gasteiger partial charge on any atom is -0.506 e. The third-order valence-corrected chi connectivity index (χ3v) is 1.82. The van der Waals surface area contributed by atoms with Gasteiger partial charge in [-0.15, -0.1) is 17.3 Å². The summed E-state index contributed by atoms with van der Waals surface area (Å²) in [4.78, 5) is 14.3. The second-order valence-electron chi connectivity index (χ2n) is 2.59. The zero-order valence-corrected chi connectivity index (χ0v) is 7.86. The highest BCUT2D eigenvalue weighted by molar-refractivity contribution is 5.93. The number of aromatic nitrogens is 1. The summed E-state index contributed by atoms with van der Waals surface area (Å²) in [5.74, 6) is 0.0583. The van der Waals surface area contributed by atoms with Gasteiger partial charge in [-0.1, -0.05) is 0 Å². The fourth-order valence-corrected chi connectivity index (χ4v) is 1.22. The third-order valence-electron chi connectivity index (χ3n) is 1.82. The quantitative estimate of drug-likeness (QED) is 0.737. The Morgan fingerprint density at radius 2 is 2.07 bits per heavy atom. The number of phenolic OH excluding ortho intramolecular Hbond substituents is 1. The Balaban J connectivity index is 0.000000980. The Kier molecular flexibility index (Phi) is 2.99. The first-order valence-corrected chi connectivity index (χ1v) is 3.73. The highest BCUT2D eigenvalue weighted by atomic mass is 35.5. The van der Waals surface area contributed by atoms with Gasteiger partial charge in [-0.2, -0.15) is 0 Å². The number of benzene rings is 1. The van der Waals surface area contributed by atoms with Crippen molar-refractivity contribution in [1.82, 2.24) is 4.98 Å². The molecule has 0 saturated heterocycles. The van der Waals surface area contributed by atoms with Crippen molar-refractivity contribution in [2.75, 3.05) is 0 Å². The summed E-state index contributed by atoms with van der Waals surface area (Å²) >= 11 is 0. The topological polar surface area (TPSA) is 62.5 Å². The monoisotopic (exact) mass is 210 g/mol. The molecule has 0 saturated carbocycles. The second-order valence-corrected chi connectivity index (χ2v) is 2.59. The van der Waals surface area contributed by atoms with Crippen LogP contribution in [0.5, 0.6) is 5.75 Å². The number of nitroso groups, excluding NO2 is 1. The average molecular weight is 211 g/mol. The predicted octanol–water partition coefficient (Wildman–Crippen LogP) is 2.76. The molecular weight excluding hydrogens is 204 g/mol. The lowest BCUT2D eigenvalue weighted by Crippen LogP contribution is -1.78. The highest BCUT2D eigenvalue weighted by Gasteiger charge is 2.04. The largest absolute Gasteiger partial charge is 0.506 e. The van der Waals surface area contributed by atoms with E-state index < -0.39 is 0 Å². The first-order valence-electron chi connectivity index (χ1n) is 3.73. The zero-order valence-electron chi connectivity index (χ0n) is 7.04. The number of aromatic hydroxyl groups is 1. The summed E-state index contributed by atoms with van der Waals surface area (Å²) in [6.45, 7) is 0. The third kappa shape index (κ3) is 1.52. The molecule has 0 amide bonds. The van der Waals surface area contributed by atoms with Gasteiger partial charge in [-0.3, -0.25) is 4.98 Å². The van der Waals surface area contributed by atoms with Gasteiger partial charge >= 0.3 is 0 Å². The molecule has 0 aliphatic carbocycles. The number of hydrogen-bond acceptors (Lipinski definition) is 4. The summed E-state index contributed by atoms with van der Waals surface area (Å²) in [6.07, 6.45) is 1.55. The molecule has 1 heterocycles. The molecule has 2 rings (SSSR count). The van der Waals surface area contributed by atoms with E-state index in [0.717, 1.165) is 0 Å². The molecule has 0 radical (unpaired) electrons. The van der Waals surface area contributed by atoms with Crippen molar-refractivity contribution in [2.45, 2.75) is 0 Å². The molecule has 1 aromatic heterocycles. The number of rotatable bonds is 1. The van der Waals surface area contributed by atoms with Gasteiger partial charge in [0.1, 0.15) is 17.0 Å². The van der Waals surface area contributed by atoms with Gasteiger partial charge in [0, 0.05) is 11.6 Å². The molecule has 1 N–H and O–H groups in total. The van der Waals surface area contributed by atoms with E-state index in [2.05, 4.69) is 10.2 Å². The van der Waals surface area contributed by atoms with Crippen LogP contribution in [0.3, 0.4) is 0 Å². The van der Waals surface area contributed by atoms with Crippen LogP contribution >= 0.6 is 12.4 Å². The average Bonchev–Trinajstić information content (AvgIpc) is 2.19. The zero-order chi connectivity index (χ0) is 9.26. The van der Waals surface area contributed by atoms with Crippen LogP contribution in [-0.2, 0) is 0 Å². The first-order chi connectivity index (χ1) is 6.33. The van der Waals surface area contributed by atoms with Crippen LogP contribution in [0.25, 0.3) is 10.9 Å². The normalized spacial score (nSPS) is 9.43. The van der Waals surface area contributed by atoms with Crippen LogP contribution in [0.4, 0.5) is 5.69 Å². The van der Waals surface area contributed by atoms with Crippen molar-refractivity contribution < 1.29 is 5.11 Å². The fraction of sp³-hybridized carbons (Fsp3) is 0. The van der Waals surface area contributed by atoms with E-state index in [1.165, 1.54) is 12.1 Å². The van der Waals surface area contributed by atoms with Crippen molar-refractivity contribution in [1.29, 1.82) is 0 Å². The Labute approximate surface area is 86.0 Å². The maximum atomic E-state index is 10.4. The van der Waals surface area contributed by atoms with Gasteiger partial charge in [0.2, 0.25) is 0 Å². The molecule has 2 aromatic rings. The van der Waals surface area contributed by atoms with Crippen molar-refractivity contribution in [3.05, 3.63) is 35.4 Å². The molecule has 0 spiro atoms. The maximum absolute atomic E-state index is 10.4. The van der Waals surface area contributed by atoms with E-state index in [1.54, 1.807) is 18.3 Å². The number of nitrogens with zero attached hydrogens (tertiary/aromatic N) is 2. The molecule has 14 heavy (non-hydrogen) atoms. The van der Waals surface area contributed by atoms with Crippen LogP contribution in [0, 0.1) is 4.91 Å². The van der Waals surface area contributed by atoms with E-state index in [0.29, 0.717) is 16.6 Å². The molecular formula is C9H7ClN2O2. The van der Waals surface area contributed by atoms with Gasteiger partial charge in [0.05, 0.1) is 0 Å². The Morgan fingerprint density at radius 1 is 1.29 bits per heavy atom. The lowest BCUT2D eigenvalue weighted by molar-refractivity contribution is 0.480. The lowest BCUT2D eigenvalue weighted by atomic mass is 10.2. The summed E-state index contributed by atoms with van der Waals surface area (Å²) in [5.41, 5.74) is 0.695. The summed E-state index contributed by atoms with van der Waals surface area (Å²) in [6, 6.07) is 6.26. The molecule has 72 valence electrons. The minimum absolute atomic E-state index is 0. The van der Waals surface area contributed by atoms with Crippen LogP contribution in [0.1, 0.15) is 0 Å². The minimum atomic E-state index is 0. The van der Waals surface area contributed by atoms with Crippen molar-refractivity contribution in [2.24, 2.45) is 5.18 Å². The van der Waals surface area contributed by atoms with Gasteiger partial charge in [0.25, 0.3) is 0 Å². The molecule has 0 aliphatic heterocycles. The summed E-state index contributed by atoms with van der Waals surface area (Å²) in [5, 5.41) is 12.8. The van der Waals surface area contributed by atoms with Crippen LogP contribution < -0.4 is 0 Å². The highest BCUT2D eigenvalue weighted by Crippen LogP contribution is 2.30. The molecule has 5 heteroatoms.